The van der Waals surface area contributed by atoms with E-state index in [1.54, 1.807) is 4.90 Å². The second-order valence-electron chi connectivity index (χ2n) is 8.87. The summed E-state index contributed by atoms with van der Waals surface area (Å²) in [4.78, 5) is 30.6. The van der Waals surface area contributed by atoms with Gasteiger partial charge in [-0.3, -0.25) is 9.59 Å². The number of ketones is 1. The maximum Gasteiger partial charge on any atom is 0.223 e. The molecule has 0 aromatic heterocycles. The molecule has 3 aromatic rings. The molecule has 2 aliphatic heterocycles. The fourth-order valence-electron chi connectivity index (χ4n) is 4.95. The zero-order valence-corrected chi connectivity index (χ0v) is 18.4. The van der Waals surface area contributed by atoms with Crippen molar-refractivity contribution < 1.29 is 14.3 Å². The molecule has 5 nitrogen and oxygen atoms in total. The van der Waals surface area contributed by atoms with E-state index in [1.165, 1.54) is 0 Å². The van der Waals surface area contributed by atoms with Crippen molar-refractivity contribution in [2.24, 2.45) is 0 Å². The lowest BCUT2D eigenvalue weighted by molar-refractivity contribution is -0.130. The van der Waals surface area contributed by atoms with Crippen LogP contribution in [0.3, 0.4) is 0 Å². The number of Topliss-reactive ketones (excluding diaryl/α,β-unsaturated/α-hetero) is 1. The fraction of sp³-hybridized carbons (Fsp3) is 0.333. The molecule has 1 atom stereocenters. The number of carbonyl (C=O) groups excluding carboxylic acids is 2. The maximum atomic E-state index is 13.6. The van der Waals surface area contributed by atoms with Crippen molar-refractivity contribution in [3.05, 3.63) is 77.9 Å². The molecule has 2 heterocycles. The Hall–Kier alpha value is -3.18. The minimum atomic E-state index is -0.839. The van der Waals surface area contributed by atoms with Gasteiger partial charge < -0.3 is 14.5 Å². The van der Waals surface area contributed by atoms with Crippen molar-refractivity contribution >= 4 is 28.2 Å². The molecule has 2 aliphatic rings. The number of hydrogen-bond acceptors (Lipinski definition) is 4. The molecule has 0 N–H and O–H groups in total. The SMILES string of the molecule is CC1(C(=O)c2ccc(N3CCOCC3)cc2)CCC(=O)N1Cc1cccc2ccccc12. The van der Waals surface area contributed by atoms with E-state index in [9.17, 15) is 9.59 Å². The van der Waals surface area contributed by atoms with Crippen LogP contribution in [0.4, 0.5) is 5.69 Å². The van der Waals surface area contributed by atoms with Crippen LogP contribution in [-0.2, 0) is 16.1 Å². The number of ether oxygens (including phenoxy) is 1. The molecule has 0 saturated carbocycles. The standard InChI is InChI=1S/C27H28N2O3/c1-27(26(31)21-9-11-23(12-10-21)28-15-17-32-18-16-28)14-13-25(30)29(27)19-22-7-4-6-20-5-2-3-8-24(20)22/h2-12H,13-19H2,1H3. The molecule has 32 heavy (non-hydrogen) atoms. The molecule has 164 valence electrons. The highest BCUT2D eigenvalue weighted by Crippen LogP contribution is 2.36. The van der Waals surface area contributed by atoms with Gasteiger partial charge in [-0.1, -0.05) is 42.5 Å². The second-order valence-corrected chi connectivity index (χ2v) is 8.87. The van der Waals surface area contributed by atoms with Crippen molar-refractivity contribution in [3.63, 3.8) is 0 Å². The summed E-state index contributed by atoms with van der Waals surface area (Å²) in [6.45, 7) is 5.53. The van der Waals surface area contributed by atoms with Gasteiger partial charge in [-0.2, -0.15) is 0 Å². The largest absolute Gasteiger partial charge is 0.378 e. The minimum Gasteiger partial charge on any atom is -0.378 e. The number of anilines is 1. The van der Waals surface area contributed by atoms with E-state index in [0.29, 0.717) is 24.9 Å². The van der Waals surface area contributed by atoms with Crippen molar-refractivity contribution in [3.8, 4) is 0 Å². The third-order valence-corrected chi connectivity index (χ3v) is 6.93. The van der Waals surface area contributed by atoms with Gasteiger partial charge in [0.2, 0.25) is 5.91 Å². The highest BCUT2D eigenvalue weighted by molar-refractivity contribution is 6.06. The van der Waals surface area contributed by atoms with Gasteiger partial charge in [0.15, 0.2) is 5.78 Å². The predicted octanol–water partition coefficient (Wildman–Crippen LogP) is 4.44. The lowest BCUT2D eigenvalue weighted by atomic mass is 9.88. The Labute approximate surface area is 188 Å². The topological polar surface area (TPSA) is 49.9 Å². The van der Waals surface area contributed by atoms with Gasteiger partial charge in [0.25, 0.3) is 0 Å². The number of carbonyl (C=O) groups is 2. The minimum absolute atomic E-state index is 0.0112. The Kier molecular flexibility index (Phi) is 5.43. The van der Waals surface area contributed by atoms with Crippen LogP contribution >= 0.6 is 0 Å². The van der Waals surface area contributed by atoms with Crippen molar-refractivity contribution in [2.45, 2.75) is 31.8 Å². The quantitative estimate of drug-likeness (QED) is 0.564. The van der Waals surface area contributed by atoms with Crippen molar-refractivity contribution in [1.29, 1.82) is 0 Å². The Bertz CT molecular complexity index is 1150. The Morgan fingerprint density at radius 2 is 1.69 bits per heavy atom. The van der Waals surface area contributed by atoms with E-state index < -0.39 is 5.54 Å². The van der Waals surface area contributed by atoms with Crippen LogP contribution in [0.5, 0.6) is 0 Å². The van der Waals surface area contributed by atoms with E-state index in [4.69, 9.17) is 4.74 Å². The third-order valence-electron chi connectivity index (χ3n) is 6.93. The molecule has 5 heteroatoms. The first kappa shape index (κ1) is 20.7. The molecule has 0 aliphatic carbocycles. The number of morpholine rings is 1. The van der Waals surface area contributed by atoms with Crippen LogP contribution < -0.4 is 4.90 Å². The van der Waals surface area contributed by atoms with E-state index in [2.05, 4.69) is 29.2 Å². The van der Waals surface area contributed by atoms with Gasteiger partial charge in [-0.15, -0.1) is 0 Å². The second kappa shape index (κ2) is 8.40. The van der Waals surface area contributed by atoms with Crippen LogP contribution in [0.2, 0.25) is 0 Å². The van der Waals surface area contributed by atoms with Gasteiger partial charge in [-0.05, 0) is 53.9 Å². The van der Waals surface area contributed by atoms with Crippen molar-refractivity contribution in [1.82, 2.24) is 4.90 Å². The van der Waals surface area contributed by atoms with Crippen LogP contribution in [0, 0.1) is 0 Å². The summed E-state index contributed by atoms with van der Waals surface area (Å²) in [5, 5.41) is 2.27. The number of amides is 1. The third kappa shape index (κ3) is 3.67. The first-order valence-electron chi connectivity index (χ1n) is 11.3. The van der Waals surface area contributed by atoms with Gasteiger partial charge >= 0.3 is 0 Å². The van der Waals surface area contributed by atoms with E-state index in [1.807, 2.05) is 49.4 Å². The highest BCUT2D eigenvalue weighted by atomic mass is 16.5. The Morgan fingerprint density at radius 3 is 2.47 bits per heavy atom. The summed E-state index contributed by atoms with van der Waals surface area (Å²) >= 11 is 0. The summed E-state index contributed by atoms with van der Waals surface area (Å²) in [6.07, 6.45) is 0.944. The van der Waals surface area contributed by atoms with Gasteiger partial charge in [0, 0.05) is 37.3 Å². The highest BCUT2D eigenvalue weighted by Gasteiger charge is 2.47. The molecule has 3 aromatic carbocycles. The number of benzene rings is 3. The molecule has 0 bridgehead atoms. The number of nitrogens with zero attached hydrogens (tertiary/aromatic N) is 2. The first-order chi connectivity index (χ1) is 15.6. The van der Waals surface area contributed by atoms with Crippen LogP contribution in [0.15, 0.2) is 66.7 Å². The van der Waals surface area contributed by atoms with Crippen LogP contribution in [0.25, 0.3) is 10.8 Å². The normalized spacial score (nSPS) is 21.3. The number of likely N-dealkylation sites (tertiary alicyclic amines) is 1. The fourth-order valence-corrected chi connectivity index (χ4v) is 4.95. The maximum absolute atomic E-state index is 13.6. The summed E-state index contributed by atoms with van der Waals surface area (Å²) < 4.78 is 5.43. The molecular formula is C27H28N2O3. The zero-order valence-electron chi connectivity index (χ0n) is 18.4. The lowest BCUT2D eigenvalue weighted by Gasteiger charge is -2.34. The summed E-state index contributed by atoms with van der Waals surface area (Å²) in [6, 6.07) is 22.1. The summed E-state index contributed by atoms with van der Waals surface area (Å²) in [5.74, 6) is 0.0517. The Balaban J connectivity index is 1.41. The van der Waals surface area contributed by atoms with Crippen molar-refractivity contribution in [2.75, 3.05) is 31.2 Å². The van der Waals surface area contributed by atoms with Gasteiger partial charge in [0.1, 0.15) is 5.54 Å². The molecule has 1 amide bonds. The average Bonchev–Trinajstić information content (AvgIpc) is 3.14. The molecule has 0 radical (unpaired) electrons. The predicted molar refractivity (Wildman–Crippen MR) is 126 cm³/mol. The van der Waals surface area contributed by atoms with E-state index >= 15 is 0 Å². The average molecular weight is 429 g/mol. The molecule has 5 rings (SSSR count). The number of hydrogen-bond donors (Lipinski definition) is 0. The van der Waals surface area contributed by atoms with Gasteiger partial charge in [0.05, 0.1) is 13.2 Å². The lowest BCUT2D eigenvalue weighted by Crippen LogP contribution is -2.49. The Morgan fingerprint density at radius 1 is 0.969 bits per heavy atom. The van der Waals surface area contributed by atoms with Crippen LogP contribution in [-0.4, -0.2) is 48.4 Å². The van der Waals surface area contributed by atoms with Crippen LogP contribution in [0.1, 0.15) is 35.7 Å². The van der Waals surface area contributed by atoms with Gasteiger partial charge in [-0.25, -0.2) is 0 Å². The molecule has 2 saturated heterocycles. The number of rotatable bonds is 5. The summed E-state index contributed by atoms with van der Waals surface area (Å²) in [7, 11) is 0. The molecular weight excluding hydrogens is 400 g/mol. The summed E-state index contributed by atoms with van der Waals surface area (Å²) in [5.41, 5.74) is 1.99. The monoisotopic (exact) mass is 428 g/mol. The van der Waals surface area contributed by atoms with E-state index in [0.717, 1.165) is 48.3 Å². The molecule has 2 fully saturated rings. The number of fused-ring (bicyclic) bond motifs is 1. The molecule has 1 unspecified atom stereocenters. The first-order valence-corrected chi connectivity index (χ1v) is 11.3. The zero-order chi connectivity index (χ0) is 22.1. The molecule has 0 spiro atoms. The van der Waals surface area contributed by atoms with E-state index in [-0.39, 0.29) is 11.7 Å². The smallest absolute Gasteiger partial charge is 0.223 e.